The van der Waals surface area contributed by atoms with E-state index >= 15 is 0 Å². The summed E-state index contributed by atoms with van der Waals surface area (Å²) in [6, 6.07) is 9.30. The zero-order chi connectivity index (χ0) is 14.4. The number of rotatable bonds is 7. The quantitative estimate of drug-likeness (QED) is 0.792. The summed E-state index contributed by atoms with van der Waals surface area (Å²) in [5.41, 5.74) is 2.67. The monoisotopic (exact) mass is 289 g/mol. The van der Waals surface area contributed by atoms with Crippen molar-refractivity contribution >= 4 is 11.8 Å². The molecule has 0 saturated carbocycles. The van der Waals surface area contributed by atoms with Gasteiger partial charge in [0, 0.05) is 24.2 Å². The Kier molecular flexibility index (Phi) is 5.68. The molecule has 1 unspecified atom stereocenters. The third-order valence-electron chi connectivity index (χ3n) is 3.45. The fourth-order valence-electron chi connectivity index (χ4n) is 2.38. The van der Waals surface area contributed by atoms with Crippen LogP contribution in [-0.4, -0.2) is 22.6 Å². The molecule has 1 aromatic carbocycles. The average Bonchev–Trinajstić information content (AvgIpc) is 2.89. The van der Waals surface area contributed by atoms with E-state index in [-0.39, 0.29) is 0 Å². The van der Waals surface area contributed by atoms with Crippen molar-refractivity contribution in [1.29, 1.82) is 0 Å². The van der Waals surface area contributed by atoms with Crippen LogP contribution in [0.1, 0.15) is 30.5 Å². The molecule has 0 saturated heterocycles. The summed E-state index contributed by atoms with van der Waals surface area (Å²) in [6.45, 7) is 3.15. The number of aromatic nitrogens is 2. The highest BCUT2D eigenvalue weighted by Gasteiger charge is 2.11. The maximum absolute atomic E-state index is 4.23. The maximum Gasteiger partial charge on any atom is 0.0521 e. The number of thioether (sulfide) groups is 1. The Balaban J connectivity index is 2.01. The minimum Gasteiger partial charge on any atom is -0.310 e. The Morgan fingerprint density at radius 3 is 2.60 bits per heavy atom. The van der Waals surface area contributed by atoms with Crippen LogP contribution >= 0.6 is 11.8 Å². The van der Waals surface area contributed by atoms with Gasteiger partial charge in [0.25, 0.3) is 0 Å². The highest BCUT2D eigenvalue weighted by Crippen LogP contribution is 2.22. The average molecular weight is 289 g/mol. The molecule has 0 spiro atoms. The topological polar surface area (TPSA) is 29.9 Å². The van der Waals surface area contributed by atoms with Crippen molar-refractivity contribution in [3.8, 4) is 0 Å². The van der Waals surface area contributed by atoms with E-state index in [4.69, 9.17) is 0 Å². The first-order chi connectivity index (χ1) is 9.72. The van der Waals surface area contributed by atoms with Gasteiger partial charge >= 0.3 is 0 Å². The maximum atomic E-state index is 4.23. The van der Waals surface area contributed by atoms with Gasteiger partial charge in [-0.2, -0.15) is 5.10 Å². The molecule has 0 aliphatic carbocycles. The van der Waals surface area contributed by atoms with Crippen LogP contribution in [0.15, 0.2) is 41.6 Å². The lowest BCUT2D eigenvalue weighted by atomic mass is 10.0. The van der Waals surface area contributed by atoms with Crippen molar-refractivity contribution in [2.24, 2.45) is 7.05 Å². The van der Waals surface area contributed by atoms with Crippen LogP contribution in [0.2, 0.25) is 0 Å². The Labute approximate surface area is 125 Å². The van der Waals surface area contributed by atoms with Crippen LogP contribution in [0.5, 0.6) is 0 Å². The van der Waals surface area contributed by atoms with Crippen molar-refractivity contribution < 1.29 is 0 Å². The summed E-state index contributed by atoms with van der Waals surface area (Å²) in [5.74, 6) is 0. The summed E-state index contributed by atoms with van der Waals surface area (Å²) in [5, 5.41) is 7.81. The molecule has 1 atom stereocenters. The number of nitrogens with zero attached hydrogens (tertiary/aromatic N) is 2. The lowest BCUT2D eigenvalue weighted by Crippen LogP contribution is -2.21. The minimum atomic E-state index is 0.413. The van der Waals surface area contributed by atoms with Crippen molar-refractivity contribution in [3.05, 3.63) is 47.8 Å². The van der Waals surface area contributed by atoms with Gasteiger partial charge in [0.05, 0.1) is 6.20 Å². The van der Waals surface area contributed by atoms with Gasteiger partial charge in [0.15, 0.2) is 0 Å². The first-order valence-corrected chi connectivity index (χ1v) is 8.30. The molecule has 0 amide bonds. The van der Waals surface area contributed by atoms with E-state index in [1.807, 2.05) is 17.9 Å². The first kappa shape index (κ1) is 15.1. The van der Waals surface area contributed by atoms with E-state index in [1.54, 1.807) is 11.8 Å². The second-order valence-electron chi connectivity index (χ2n) is 4.94. The van der Waals surface area contributed by atoms with E-state index < -0.39 is 0 Å². The molecule has 0 fully saturated rings. The van der Waals surface area contributed by atoms with Gasteiger partial charge in [0.2, 0.25) is 0 Å². The van der Waals surface area contributed by atoms with Crippen LogP contribution in [0, 0.1) is 0 Å². The van der Waals surface area contributed by atoms with Gasteiger partial charge in [-0.05, 0) is 48.9 Å². The summed E-state index contributed by atoms with van der Waals surface area (Å²) in [6.07, 6.45) is 8.31. The molecule has 0 bridgehead atoms. The number of hydrogen-bond acceptors (Lipinski definition) is 3. The van der Waals surface area contributed by atoms with Gasteiger partial charge in [-0.15, -0.1) is 11.8 Å². The summed E-state index contributed by atoms with van der Waals surface area (Å²) in [4.78, 5) is 1.32. The summed E-state index contributed by atoms with van der Waals surface area (Å²) < 4.78 is 1.87. The Morgan fingerprint density at radius 2 is 2.05 bits per heavy atom. The largest absolute Gasteiger partial charge is 0.310 e. The van der Waals surface area contributed by atoms with E-state index in [9.17, 15) is 0 Å². The predicted molar refractivity (Wildman–Crippen MR) is 86.2 cm³/mol. The summed E-state index contributed by atoms with van der Waals surface area (Å²) in [7, 11) is 1.96. The van der Waals surface area contributed by atoms with E-state index in [0.29, 0.717) is 6.04 Å². The van der Waals surface area contributed by atoms with Crippen LogP contribution in [-0.2, 0) is 13.5 Å². The van der Waals surface area contributed by atoms with Gasteiger partial charge in [-0.1, -0.05) is 19.1 Å². The smallest absolute Gasteiger partial charge is 0.0521 e. The summed E-state index contributed by atoms with van der Waals surface area (Å²) >= 11 is 1.78. The van der Waals surface area contributed by atoms with Crippen LogP contribution in [0.3, 0.4) is 0 Å². The zero-order valence-corrected chi connectivity index (χ0v) is 13.3. The molecule has 2 rings (SSSR count). The lowest BCUT2D eigenvalue weighted by molar-refractivity contribution is 0.515. The van der Waals surface area contributed by atoms with E-state index in [1.165, 1.54) is 16.0 Å². The highest BCUT2D eigenvalue weighted by atomic mass is 32.2. The van der Waals surface area contributed by atoms with Gasteiger partial charge < -0.3 is 5.32 Å². The molecule has 1 aromatic heterocycles. The fourth-order valence-corrected chi connectivity index (χ4v) is 2.79. The molecule has 4 heteroatoms. The van der Waals surface area contributed by atoms with E-state index in [2.05, 4.69) is 54.1 Å². The molecule has 108 valence electrons. The van der Waals surface area contributed by atoms with Crippen molar-refractivity contribution in [2.75, 3.05) is 12.8 Å². The minimum absolute atomic E-state index is 0.413. The fraction of sp³-hybridized carbons (Fsp3) is 0.438. The molecule has 1 N–H and O–H groups in total. The predicted octanol–water partition coefficient (Wildman–Crippen LogP) is 3.43. The standard InChI is InChI=1S/C16H23N3S/c1-4-17-16(10-5-13-11-18-19(2)12-13)14-6-8-15(20-3)9-7-14/h6-9,11-12,16-17H,4-5,10H2,1-3H3. The highest BCUT2D eigenvalue weighted by molar-refractivity contribution is 7.98. The molecule has 1 heterocycles. The zero-order valence-electron chi connectivity index (χ0n) is 12.5. The van der Waals surface area contributed by atoms with Crippen LogP contribution < -0.4 is 5.32 Å². The molecule has 3 nitrogen and oxygen atoms in total. The second kappa shape index (κ2) is 7.50. The third-order valence-corrected chi connectivity index (χ3v) is 4.19. The van der Waals surface area contributed by atoms with Crippen molar-refractivity contribution in [3.63, 3.8) is 0 Å². The molecule has 2 aromatic rings. The number of nitrogens with one attached hydrogen (secondary N) is 1. The lowest BCUT2D eigenvalue weighted by Gasteiger charge is -2.18. The first-order valence-electron chi connectivity index (χ1n) is 7.07. The van der Waals surface area contributed by atoms with Gasteiger partial charge in [-0.25, -0.2) is 0 Å². The second-order valence-corrected chi connectivity index (χ2v) is 5.82. The molecule has 0 radical (unpaired) electrons. The normalized spacial score (nSPS) is 12.6. The molecule has 0 aliphatic heterocycles. The van der Waals surface area contributed by atoms with Crippen molar-refractivity contribution in [2.45, 2.75) is 30.7 Å². The number of aryl methyl sites for hydroxylation is 2. The Hall–Kier alpha value is -1.26. The van der Waals surface area contributed by atoms with E-state index in [0.717, 1.165) is 19.4 Å². The van der Waals surface area contributed by atoms with Crippen LogP contribution in [0.25, 0.3) is 0 Å². The molecule has 20 heavy (non-hydrogen) atoms. The Morgan fingerprint density at radius 1 is 1.30 bits per heavy atom. The molecular formula is C16H23N3S. The Bertz CT molecular complexity index is 519. The van der Waals surface area contributed by atoms with Crippen molar-refractivity contribution in [1.82, 2.24) is 15.1 Å². The van der Waals surface area contributed by atoms with Gasteiger partial charge in [-0.3, -0.25) is 4.68 Å². The SMILES string of the molecule is CCNC(CCc1cnn(C)c1)c1ccc(SC)cc1. The molecule has 0 aliphatic rings. The van der Waals surface area contributed by atoms with Gasteiger partial charge in [0.1, 0.15) is 0 Å². The van der Waals surface area contributed by atoms with Crippen LogP contribution in [0.4, 0.5) is 0 Å². The third kappa shape index (κ3) is 4.12. The number of hydrogen-bond donors (Lipinski definition) is 1. The number of benzene rings is 1. The molecular weight excluding hydrogens is 266 g/mol.